The first kappa shape index (κ1) is 12.3. The molecule has 1 aromatic carbocycles. The van der Waals surface area contributed by atoms with Crippen molar-refractivity contribution in [2.45, 2.75) is 20.0 Å². The number of hydrogen-bond donors (Lipinski definition) is 0. The fourth-order valence-corrected chi connectivity index (χ4v) is 2.60. The lowest BCUT2D eigenvalue weighted by atomic mass is 10.1. The van der Waals surface area contributed by atoms with Crippen LogP contribution < -0.4 is 4.74 Å². The molecule has 0 unspecified atom stereocenters. The minimum absolute atomic E-state index is 0.764. The number of benzene rings is 1. The van der Waals surface area contributed by atoms with Gasteiger partial charge in [0.05, 0.1) is 0 Å². The van der Waals surface area contributed by atoms with Gasteiger partial charge in [-0.2, -0.15) is 0 Å². The van der Waals surface area contributed by atoms with E-state index in [1.807, 2.05) is 0 Å². The molecule has 2 aromatic rings. The summed E-state index contributed by atoms with van der Waals surface area (Å²) in [6.07, 6.45) is 2.10. The zero-order chi connectivity index (χ0) is 13.2. The van der Waals surface area contributed by atoms with Gasteiger partial charge >= 0.3 is 0 Å². The van der Waals surface area contributed by atoms with Crippen molar-refractivity contribution in [3.63, 3.8) is 0 Å². The predicted octanol–water partition coefficient (Wildman–Crippen LogP) is 2.73. The van der Waals surface area contributed by atoms with Crippen LogP contribution >= 0.6 is 0 Å². The summed E-state index contributed by atoms with van der Waals surface area (Å²) >= 11 is 0. The van der Waals surface area contributed by atoms with E-state index >= 15 is 0 Å². The van der Waals surface area contributed by atoms with Crippen LogP contribution in [0.3, 0.4) is 0 Å². The van der Waals surface area contributed by atoms with Gasteiger partial charge in [-0.05, 0) is 25.1 Å². The molecule has 0 radical (unpaired) electrons. The van der Waals surface area contributed by atoms with Gasteiger partial charge in [0.25, 0.3) is 0 Å². The molecule has 1 aromatic heterocycles. The smallest absolute Gasteiger partial charge is 0.123 e. The average Bonchev–Trinajstić information content (AvgIpc) is 2.67. The van der Waals surface area contributed by atoms with E-state index < -0.39 is 0 Å². The molecule has 0 atom stereocenters. The largest absolute Gasteiger partial charge is 0.492 e. The van der Waals surface area contributed by atoms with E-state index in [1.54, 1.807) is 0 Å². The summed E-state index contributed by atoms with van der Waals surface area (Å²) in [5.41, 5.74) is 3.94. The molecule has 2 heterocycles. The average molecular weight is 256 g/mol. The standard InChI is InChI=1S/C16H20N2O/c1-13-5-6-16-14(10-13)11-18(8-9-19-16)12-15-4-3-7-17(15)2/h3-7,10H,8-9,11-12H2,1-2H3. The number of fused-ring (bicyclic) bond motifs is 1. The van der Waals surface area contributed by atoms with Gasteiger partial charge in [0.1, 0.15) is 12.4 Å². The zero-order valence-electron chi connectivity index (χ0n) is 11.6. The topological polar surface area (TPSA) is 17.4 Å². The Balaban J connectivity index is 1.80. The molecule has 0 fully saturated rings. The lowest BCUT2D eigenvalue weighted by Gasteiger charge is -2.19. The first-order chi connectivity index (χ1) is 9.22. The third kappa shape index (κ3) is 2.66. The van der Waals surface area contributed by atoms with Crippen molar-refractivity contribution in [2.75, 3.05) is 13.2 Å². The van der Waals surface area contributed by atoms with Crippen LogP contribution in [-0.2, 0) is 20.1 Å². The molecule has 3 rings (SSSR count). The molecule has 3 nitrogen and oxygen atoms in total. The van der Waals surface area contributed by atoms with Crippen LogP contribution in [-0.4, -0.2) is 22.6 Å². The van der Waals surface area contributed by atoms with Crippen LogP contribution in [0, 0.1) is 6.92 Å². The van der Waals surface area contributed by atoms with Gasteiger partial charge in [-0.15, -0.1) is 0 Å². The lowest BCUT2D eigenvalue weighted by Crippen LogP contribution is -2.26. The molecule has 3 heteroatoms. The van der Waals surface area contributed by atoms with E-state index in [1.165, 1.54) is 16.8 Å². The van der Waals surface area contributed by atoms with Gasteiger partial charge in [0.2, 0.25) is 0 Å². The summed E-state index contributed by atoms with van der Waals surface area (Å²) in [7, 11) is 2.10. The van der Waals surface area contributed by atoms with Crippen LogP contribution in [0.1, 0.15) is 16.8 Å². The van der Waals surface area contributed by atoms with Crippen molar-refractivity contribution >= 4 is 0 Å². The summed E-state index contributed by atoms with van der Waals surface area (Å²) in [6, 6.07) is 10.7. The van der Waals surface area contributed by atoms with Crippen LogP contribution in [0.15, 0.2) is 36.5 Å². The maximum Gasteiger partial charge on any atom is 0.123 e. The Bertz CT molecular complexity index is 574. The Morgan fingerprint density at radius 1 is 1.26 bits per heavy atom. The molecule has 0 aliphatic carbocycles. The number of nitrogens with zero attached hydrogens (tertiary/aromatic N) is 2. The molecular formula is C16H20N2O. The molecule has 1 aliphatic rings. The summed E-state index contributed by atoms with van der Waals surface area (Å²) in [6.45, 7) is 5.80. The van der Waals surface area contributed by atoms with E-state index in [2.05, 4.69) is 60.0 Å². The SMILES string of the molecule is Cc1ccc2c(c1)CN(Cc1cccn1C)CCO2. The van der Waals surface area contributed by atoms with Gasteiger partial charge < -0.3 is 9.30 Å². The van der Waals surface area contributed by atoms with Crippen LogP contribution in [0.2, 0.25) is 0 Å². The Labute approximate surface area is 114 Å². The highest BCUT2D eigenvalue weighted by Gasteiger charge is 2.16. The normalized spacial score (nSPS) is 15.7. The van der Waals surface area contributed by atoms with E-state index in [4.69, 9.17) is 4.74 Å². The maximum absolute atomic E-state index is 5.83. The fraction of sp³-hybridized carbons (Fsp3) is 0.375. The van der Waals surface area contributed by atoms with E-state index in [0.29, 0.717) is 0 Å². The van der Waals surface area contributed by atoms with E-state index in [-0.39, 0.29) is 0 Å². The van der Waals surface area contributed by atoms with Crippen molar-refractivity contribution in [1.82, 2.24) is 9.47 Å². The molecule has 0 saturated heterocycles. The Hall–Kier alpha value is -1.74. The van der Waals surface area contributed by atoms with Gasteiger partial charge in [-0.25, -0.2) is 0 Å². The highest BCUT2D eigenvalue weighted by molar-refractivity contribution is 5.37. The third-order valence-electron chi connectivity index (χ3n) is 3.71. The van der Waals surface area contributed by atoms with Gasteiger partial charge in [-0.1, -0.05) is 17.7 Å². The summed E-state index contributed by atoms with van der Waals surface area (Å²) in [5.74, 6) is 1.04. The minimum Gasteiger partial charge on any atom is -0.492 e. The molecule has 19 heavy (non-hydrogen) atoms. The van der Waals surface area contributed by atoms with Crippen LogP contribution in [0.25, 0.3) is 0 Å². The first-order valence-corrected chi connectivity index (χ1v) is 6.77. The number of rotatable bonds is 2. The quantitative estimate of drug-likeness (QED) is 0.822. The second-order valence-corrected chi connectivity index (χ2v) is 5.28. The molecule has 0 spiro atoms. The molecule has 0 N–H and O–H groups in total. The molecule has 0 bridgehead atoms. The van der Waals surface area contributed by atoms with Gasteiger partial charge in [-0.3, -0.25) is 4.90 Å². The van der Waals surface area contributed by atoms with Crippen molar-refractivity contribution in [3.8, 4) is 5.75 Å². The van der Waals surface area contributed by atoms with Crippen LogP contribution in [0.4, 0.5) is 0 Å². The van der Waals surface area contributed by atoms with Crippen molar-refractivity contribution < 1.29 is 4.74 Å². The zero-order valence-corrected chi connectivity index (χ0v) is 11.6. The van der Waals surface area contributed by atoms with Crippen molar-refractivity contribution in [2.24, 2.45) is 7.05 Å². The summed E-state index contributed by atoms with van der Waals surface area (Å²) < 4.78 is 8.02. The Morgan fingerprint density at radius 2 is 2.16 bits per heavy atom. The number of ether oxygens (including phenoxy) is 1. The fourth-order valence-electron chi connectivity index (χ4n) is 2.60. The monoisotopic (exact) mass is 256 g/mol. The van der Waals surface area contributed by atoms with Crippen LogP contribution in [0.5, 0.6) is 5.75 Å². The molecule has 1 aliphatic heterocycles. The number of hydrogen-bond acceptors (Lipinski definition) is 2. The highest BCUT2D eigenvalue weighted by atomic mass is 16.5. The predicted molar refractivity (Wildman–Crippen MR) is 76.2 cm³/mol. The van der Waals surface area contributed by atoms with E-state index in [0.717, 1.165) is 32.0 Å². The second-order valence-electron chi connectivity index (χ2n) is 5.28. The minimum atomic E-state index is 0.764. The van der Waals surface area contributed by atoms with Crippen molar-refractivity contribution in [3.05, 3.63) is 53.3 Å². The number of aryl methyl sites for hydroxylation is 2. The number of aromatic nitrogens is 1. The summed E-state index contributed by atoms with van der Waals surface area (Å²) in [4.78, 5) is 2.45. The van der Waals surface area contributed by atoms with E-state index in [9.17, 15) is 0 Å². The van der Waals surface area contributed by atoms with Crippen molar-refractivity contribution in [1.29, 1.82) is 0 Å². The first-order valence-electron chi connectivity index (χ1n) is 6.77. The highest BCUT2D eigenvalue weighted by Crippen LogP contribution is 2.24. The molecule has 100 valence electrons. The van der Waals surface area contributed by atoms with Gasteiger partial charge in [0, 0.05) is 44.1 Å². The van der Waals surface area contributed by atoms with Gasteiger partial charge in [0.15, 0.2) is 0 Å². The third-order valence-corrected chi connectivity index (χ3v) is 3.71. The Morgan fingerprint density at radius 3 is 2.95 bits per heavy atom. The Kier molecular flexibility index (Phi) is 3.30. The maximum atomic E-state index is 5.83. The second kappa shape index (κ2) is 5.10. The molecular weight excluding hydrogens is 236 g/mol. The lowest BCUT2D eigenvalue weighted by molar-refractivity contribution is 0.216. The molecule has 0 amide bonds. The summed E-state index contributed by atoms with van der Waals surface area (Å²) in [5, 5.41) is 0. The molecule has 0 saturated carbocycles.